The third kappa shape index (κ3) is 5.74. The van der Waals surface area contributed by atoms with Crippen LogP contribution in [0.25, 0.3) is 43.1 Å². The Morgan fingerprint density at radius 2 is 0.645 bits per heavy atom. The summed E-state index contributed by atoms with van der Waals surface area (Å²) in [6.07, 6.45) is 0. The summed E-state index contributed by atoms with van der Waals surface area (Å²) < 4.78 is 0. The van der Waals surface area contributed by atoms with Gasteiger partial charge in [0.25, 0.3) is 0 Å². The second-order valence-corrected chi connectivity index (χ2v) is 8.14. The van der Waals surface area contributed by atoms with Gasteiger partial charge in [0.1, 0.15) is 0 Å². The van der Waals surface area contributed by atoms with E-state index >= 15 is 0 Å². The zero-order valence-electron chi connectivity index (χ0n) is 18.0. The van der Waals surface area contributed by atoms with E-state index in [1.54, 1.807) is 0 Å². The maximum atomic E-state index is 2.24. The molecule has 5 radical (unpaired) electrons. The van der Waals surface area contributed by atoms with Crippen LogP contribution >= 0.6 is 0 Å². The van der Waals surface area contributed by atoms with Crippen molar-refractivity contribution < 1.29 is 40.8 Å². The van der Waals surface area contributed by atoms with Gasteiger partial charge in [0, 0.05) is 58.8 Å². The molecule has 0 heterocycles. The molecule has 0 saturated carbocycles. The number of fused-ring (bicyclic) bond motifs is 6. The fourth-order valence-electron chi connectivity index (χ4n) is 3.81. The molecule has 0 aliphatic rings. The van der Waals surface area contributed by atoms with Gasteiger partial charge < -0.3 is 0 Å². The van der Waals surface area contributed by atoms with Gasteiger partial charge in [0.15, 0.2) is 0 Å². The first-order valence-electron chi connectivity index (χ1n) is 9.96. The normalized spacial score (nSPS) is 9.87. The van der Waals surface area contributed by atoms with Crippen LogP contribution in [-0.4, -0.2) is 17.9 Å². The van der Waals surface area contributed by atoms with Gasteiger partial charge in [-0.3, -0.25) is 0 Å². The first kappa shape index (κ1) is 25.5. The zero-order valence-corrected chi connectivity index (χ0v) is 22.2. The maximum absolute atomic E-state index is 2.24. The minimum Gasteiger partial charge on any atom is -0.126 e. The van der Waals surface area contributed by atoms with Crippen LogP contribution in [0.5, 0.6) is 0 Å². The molecule has 0 atom stereocenters. The van der Waals surface area contributed by atoms with E-state index < -0.39 is 0 Å². The predicted octanol–water partition coefficient (Wildman–Crippen LogP) is 7.83. The topological polar surface area (TPSA) is 0 Å². The Labute approximate surface area is 222 Å². The van der Waals surface area contributed by atoms with E-state index in [1.807, 2.05) is 0 Å². The van der Waals surface area contributed by atoms with E-state index in [0.717, 1.165) is 9.52 Å². The molecule has 0 unspecified atom stereocenters. The van der Waals surface area contributed by atoms with Crippen molar-refractivity contribution in [1.29, 1.82) is 0 Å². The van der Waals surface area contributed by atoms with Crippen LogP contribution in [0, 0.1) is 40.8 Å². The standard InChI is InChI=1S/2C13H9.C2H6Si.B.Nd/c2*1-3-7-12-10(5-1)9-11-6-2-4-8-13(11)12;1-3-2;;/h2*1-9H;1-2H3;;/q2*-1;;;. The molecule has 0 spiro atoms. The largest absolute Gasteiger partial charge is 0.126 e. The molecule has 0 amide bonds. The summed E-state index contributed by atoms with van der Waals surface area (Å²) in [5.74, 6) is 0. The second kappa shape index (κ2) is 12.3. The molecule has 6 aromatic carbocycles. The molecule has 3 heteroatoms. The van der Waals surface area contributed by atoms with Gasteiger partial charge in [-0.25, -0.2) is 0 Å². The minimum absolute atomic E-state index is 0. The van der Waals surface area contributed by atoms with Crippen LogP contribution in [0.3, 0.4) is 0 Å². The molecular weight excluding hydrogens is 519 g/mol. The van der Waals surface area contributed by atoms with E-state index in [1.165, 1.54) is 43.1 Å². The van der Waals surface area contributed by atoms with Crippen LogP contribution in [0.1, 0.15) is 0 Å². The Balaban J connectivity index is 0.000000185. The van der Waals surface area contributed by atoms with Gasteiger partial charge in [-0.1, -0.05) is 85.9 Å². The molecular formula is C28H24BNdSi-2. The van der Waals surface area contributed by atoms with Crippen molar-refractivity contribution in [2.45, 2.75) is 13.1 Å². The SMILES string of the molecule is C[Si]C.[B].[Nd].c1ccc2c(c1)[cH-]c1ccccc12.c1ccc2c(c1)[cH-]c1ccccc12. The number of hydrogen-bond acceptors (Lipinski definition) is 0. The van der Waals surface area contributed by atoms with Crippen molar-refractivity contribution in [3.63, 3.8) is 0 Å². The molecule has 0 fully saturated rings. The smallest absolute Gasteiger partial charge is 0.0307 e. The quantitative estimate of drug-likeness (QED) is 0.135. The monoisotopic (exact) mass is 541 g/mol. The Hall–Kier alpha value is -1.75. The summed E-state index contributed by atoms with van der Waals surface area (Å²) in [7, 11) is 1.08. The third-order valence-corrected chi connectivity index (χ3v) is 5.05. The number of rotatable bonds is 0. The van der Waals surface area contributed by atoms with E-state index in [-0.39, 0.29) is 49.3 Å². The minimum atomic E-state index is 0. The number of benzene rings is 4. The summed E-state index contributed by atoms with van der Waals surface area (Å²) in [4.78, 5) is 0. The fourth-order valence-corrected chi connectivity index (χ4v) is 3.81. The molecule has 31 heavy (non-hydrogen) atoms. The van der Waals surface area contributed by atoms with Gasteiger partial charge >= 0.3 is 0 Å². The first-order valence-corrected chi connectivity index (χ1v) is 12.0. The second-order valence-electron chi connectivity index (χ2n) is 7.14. The van der Waals surface area contributed by atoms with Gasteiger partial charge in [-0.05, 0) is 0 Å². The van der Waals surface area contributed by atoms with Crippen LogP contribution in [-0.2, 0) is 0 Å². The summed E-state index contributed by atoms with van der Waals surface area (Å²) in [6.45, 7) is 4.31. The predicted molar refractivity (Wildman–Crippen MR) is 137 cm³/mol. The Kier molecular flexibility index (Phi) is 10.1. The summed E-state index contributed by atoms with van der Waals surface area (Å²) >= 11 is 0. The summed E-state index contributed by atoms with van der Waals surface area (Å²) in [5.41, 5.74) is 0. The molecule has 0 saturated heterocycles. The van der Waals surface area contributed by atoms with Gasteiger partial charge in [-0.15, -0.1) is 79.5 Å². The van der Waals surface area contributed by atoms with Crippen LogP contribution in [0.2, 0.25) is 13.1 Å². The van der Waals surface area contributed by atoms with Crippen molar-refractivity contribution in [2.75, 3.05) is 0 Å². The molecule has 0 aliphatic heterocycles. The van der Waals surface area contributed by atoms with Crippen LogP contribution < -0.4 is 0 Å². The van der Waals surface area contributed by atoms with Crippen LogP contribution in [0.4, 0.5) is 0 Å². The Morgan fingerprint density at radius 1 is 0.452 bits per heavy atom. The van der Waals surface area contributed by atoms with Gasteiger partial charge in [0.2, 0.25) is 0 Å². The van der Waals surface area contributed by atoms with Crippen molar-refractivity contribution >= 4 is 61.0 Å². The molecule has 6 rings (SSSR count). The average molecular weight is 544 g/mol. The molecule has 0 bridgehead atoms. The summed E-state index contributed by atoms with van der Waals surface area (Å²) in [5, 5.41) is 10.8. The number of hydrogen-bond donors (Lipinski definition) is 0. The third-order valence-electron chi connectivity index (χ3n) is 5.05. The van der Waals surface area contributed by atoms with E-state index in [2.05, 4.69) is 122 Å². The van der Waals surface area contributed by atoms with E-state index in [9.17, 15) is 0 Å². The Morgan fingerprint density at radius 3 is 0.871 bits per heavy atom. The fraction of sp³-hybridized carbons (Fsp3) is 0.0714. The van der Waals surface area contributed by atoms with Crippen LogP contribution in [0.15, 0.2) is 109 Å². The Bertz CT molecular complexity index is 1160. The van der Waals surface area contributed by atoms with Crippen molar-refractivity contribution in [3.8, 4) is 0 Å². The molecule has 0 nitrogen and oxygen atoms in total. The molecule has 149 valence electrons. The molecule has 0 aromatic heterocycles. The molecule has 6 aromatic rings. The maximum Gasteiger partial charge on any atom is 0.0307 e. The van der Waals surface area contributed by atoms with E-state index in [4.69, 9.17) is 0 Å². The van der Waals surface area contributed by atoms with Crippen molar-refractivity contribution in [2.24, 2.45) is 0 Å². The molecule has 0 aliphatic carbocycles. The van der Waals surface area contributed by atoms with E-state index in [0.29, 0.717) is 0 Å². The van der Waals surface area contributed by atoms with Gasteiger partial charge in [-0.2, -0.15) is 0 Å². The van der Waals surface area contributed by atoms with Gasteiger partial charge in [0.05, 0.1) is 0 Å². The average Bonchev–Trinajstić information content (AvgIpc) is 3.33. The molecule has 0 N–H and O–H groups in total. The van der Waals surface area contributed by atoms with Crippen molar-refractivity contribution in [3.05, 3.63) is 109 Å². The summed E-state index contributed by atoms with van der Waals surface area (Å²) in [6, 6.07) is 38.5. The first-order chi connectivity index (χ1) is 14.3. The zero-order chi connectivity index (χ0) is 20.1. The van der Waals surface area contributed by atoms with Crippen molar-refractivity contribution in [1.82, 2.24) is 0 Å².